The van der Waals surface area contributed by atoms with Gasteiger partial charge in [-0.25, -0.2) is 4.79 Å². The molecule has 7 nitrogen and oxygen atoms in total. The molecule has 146 valence electrons. The van der Waals surface area contributed by atoms with Gasteiger partial charge in [0.1, 0.15) is 0 Å². The van der Waals surface area contributed by atoms with Gasteiger partial charge in [0.25, 0.3) is 5.91 Å². The number of carbonyl (C=O) groups is 2. The van der Waals surface area contributed by atoms with Crippen molar-refractivity contribution in [1.82, 2.24) is 4.98 Å². The Morgan fingerprint density at radius 2 is 1.83 bits per heavy atom. The Kier molecular flexibility index (Phi) is 6.05. The molecule has 1 heterocycles. The predicted octanol–water partition coefficient (Wildman–Crippen LogP) is 3.02. The first-order valence-corrected chi connectivity index (χ1v) is 9.07. The summed E-state index contributed by atoms with van der Waals surface area (Å²) in [5.74, 6) is -1.21. The number of nitriles is 1. The minimum Gasteiger partial charge on any atom is -0.449 e. The van der Waals surface area contributed by atoms with Crippen LogP contribution in [0, 0.1) is 11.3 Å². The van der Waals surface area contributed by atoms with Crippen LogP contribution in [0.1, 0.15) is 23.7 Å². The van der Waals surface area contributed by atoms with E-state index in [9.17, 15) is 14.4 Å². The number of benzene rings is 2. The molecule has 0 radical (unpaired) electrons. The molecular formula is C22H19N3O4. The van der Waals surface area contributed by atoms with Crippen LogP contribution in [0.4, 0.5) is 5.69 Å². The summed E-state index contributed by atoms with van der Waals surface area (Å²) in [6.07, 6.45) is -0.959. The highest BCUT2D eigenvalue weighted by molar-refractivity contribution is 6.05. The maximum Gasteiger partial charge on any atom is 0.339 e. The van der Waals surface area contributed by atoms with Crippen molar-refractivity contribution in [3.63, 3.8) is 0 Å². The maximum atomic E-state index is 12.9. The number of pyridine rings is 1. The second kappa shape index (κ2) is 8.85. The number of hydrogen-bond donors (Lipinski definition) is 1. The third-order valence-electron chi connectivity index (χ3n) is 4.38. The molecule has 0 aliphatic carbocycles. The molecule has 0 saturated heterocycles. The van der Waals surface area contributed by atoms with Gasteiger partial charge in [0.15, 0.2) is 6.10 Å². The molecule has 1 N–H and O–H groups in total. The molecule has 3 rings (SSSR count). The van der Waals surface area contributed by atoms with E-state index in [1.807, 2.05) is 12.1 Å². The highest BCUT2D eigenvalue weighted by atomic mass is 16.5. The van der Waals surface area contributed by atoms with Gasteiger partial charge in [0.2, 0.25) is 5.56 Å². The van der Waals surface area contributed by atoms with Crippen molar-refractivity contribution in [1.29, 1.82) is 5.26 Å². The number of para-hydroxylation sites is 2. The molecule has 1 atom stereocenters. The number of carbonyl (C=O) groups excluding carboxylic acids is 2. The number of nitrogens with zero attached hydrogens (tertiary/aromatic N) is 2. The average Bonchev–Trinajstić information content (AvgIpc) is 2.73. The first-order chi connectivity index (χ1) is 14.0. The molecule has 0 aliphatic heterocycles. The van der Waals surface area contributed by atoms with Crippen molar-refractivity contribution < 1.29 is 14.3 Å². The SMILES string of the molecule is CC(OC(=O)c1cc(=O)[nH]c2ccccc12)C(=O)N(CCC#N)c1ccccc1. The third kappa shape index (κ3) is 4.50. The van der Waals surface area contributed by atoms with Gasteiger partial charge in [0, 0.05) is 29.2 Å². The van der Waals surface area contributed by atoms with E-state index in [4.69, 9.17) is 10.00 Å². The molecule has 1 unspecified atom stereocenters. The van der Waals surface area contributed by atoms with Crippen molar-refractivity contribution in [2.75, 3.05) is 11.4 Å². The minimum atomic E-state index is -1.10. The number of rotatable bonds is 6. The van der Waals surface area contributed by atoms with Gasteiger partial charge < -0.3 is 14.6 Å². The molecule has 0 saturated carbocycles. The summed E-state index contributed by atoms with van der Waals surface area (Å²) < 4.78 is 5.38. The monoisotopic (exact) mass is 389 g/mol. The number of H-pyrrole nitrogens is 1. The summed E-state index contributed by atoms with van der Waals surface area (Å²) in [6, 6.07) is 18.9. The quantitative estimate of drug-likeness (QED) is 0.653. The van der Waals surface area contributed by atoms with E-state index in [0.29, 0.717) is 16.6 Å². The van der Waals surface area contributed by atoms with E-state index in [1.54, 1.807) is 48.5 Å². The number of amides is 1. The number of aromatic amines is 1. The Balaban J connectivity index is 1.84. The lowest BCUT2D eigenvalue weighted by atomic mass is 10.1. The van der Waals surface area contributed by atoms with Crippen molar-refractivity contribution in [3.05, 3.63) is 76.6 Å². The highest BCUT2D eigenvalue weighted by Gasteiger charge is 2.26. The van der Waals surface area contributed by atoms with Crippen LogP contribution in [0.2, 0.25) is 0 Å². The molecule has 0 bridgehead atoms. The molecule has 0 spiro atoms. The van der Waals surface area contributed by atoms with Gasteiger partial charge >= 0.3 is 5.97 Å². The predicted molar refractivity (Wildman–Crippen MR) is 108 cm³/mol. The summed E-state index contributed by atoms with van der Waals surface area (Å²) in [4.78, 5) is 41.6. The van der Waals surface area contributed by atoms with Crippen LogP contribution in [0.15, 0.2) is 65.5 Å². The van der Waals surface area contributed by atoms with Gasteiger partial charge in [-0.3, -0.25) is 9.59 Å². The van der Waals surface area contributed by atoms with Crippen LogP contribution in [-0.2, 0) is 9.53 Å². The summed E-state index contributed by atoms with van der Waals surface area (Å²) in [7, 11) is 0. The Bertz CT molecular complexity index is 1130. The fourth-order valence-electron chi connectivity index (χ4n) is 3.00. The van der Waals surface area contributed by atoms with E-state index in [-0.39, 0.29) is 18.5 Å². The lowest BCUT2D eigenvalue weighted by Gasteiger charge is -2.25. The van der Waals surface area contributed by atoms with E-state index < -0.39 is 23.5 Å². The van der Waals surface area contributed by atoms with E-state index in [0.717, 1.165) is 6.07 Å². The van der Waals surface area contributed by atoms with Gasteiger partial charge in [-0.1, -0.05) is 36.4 Å². The summed E-state index contributed by atoms with van der Waals surface area (Å²) in [5, 5.41) is 9.43. The lowest BCUT2D eigenvalue weighted by molar-refractivity contribution is -0.126. The molecule has 2 aromatic carbocycles. The van der Waals surface area contributed by atoms with Crippen LogP contribution in [-0.4, -0.2) is 29.5 Å². The molecule has 1 aromatic heterocycles. The molecule has 7 heteroatoms. The average molecular weight is 389 g/mol. The molecule has 0 fully saturated rings. The standard InChI is InChI=1S/C22H19N3O4/c1-15(21(27)25(13-7-12-23)16-8-3-2-4-9-16)29-22(28)18-14-20(26)24-19-11-6-5-10-17(18)19/h2-6,8-11,14-15H,7,13H2,1H3,(H,24,26). The molecular weight excluding hydrogens is 370 g/mol. The van der Waals surface area contributed by atoms with Crippen molar-refractivity contribution in [3.8, 4) is 6.07 Å². The zero-order valence-corrected chi connectivity index (χ0v) is 15.8. The Hall–Kier alpha value is -3.92. The van der Waals surface area contributed by atoms with Crippen molar-refractivity contribution in [2.24, 2.45) is 0 Å². The van der Waals surface area contributed by atoms with Crippen LogP contribution in [0.3, 0.4) is 0 Å². The highest BCUT2D eigenvalue weighted by Crippen LogP contribution is 2.19. The van der Waals surface area contributed by atoms with E-state index in [1.165, 1.54) is 11.8 Å². The van der Waals surface area contributed by atoms with Gasteiger partial charge in [0.05, 0.1) is 18.1 Å². The van der Waals surface area contributed by atoms with Crippen LogP contribution < -0.4 is 10.5 Å². The molecule has 29 heavy (non-hydrogen) atoms. The number of hydrogen-bond acceptors (Lipinski definition) is 5. The summed E-state index contributed by atoms with van der Waals surface area (Å²) in [5.41, 5.74) is 0.768. The largest absolute Gasteiger partial charge is 0.449 e. The molecule has 3 aromatic rings. The van der Waals surface area contributed by atoms with Crippen molar-refractivity contribution in [2.45, 2.75) is 19.4 Å². The van der Waals surface area contributed by atoms with E-state index in [2.05, 4.69) is 4.98 Å². The smallest absolute Gasteiger partial charge is 0.339 e. The van der Waals surface area contributed by atoms with E-state index >= 15 is 0 Å². The second-order valence-electron chi connectivity index (χ2n) is 6.37. The first-order valence-electron chi connectivity index (χ1n) is 9.07. The van der Waals surface area contributed by atoms with Crippen molar-refractivity contribution >= 4 is 28.5 Å². The number of aromatic nitrogens is 1. The minimum absolute atomic E-state index is 0.0901. The first kappa shape index (κ1) is 19.8. The Labute approximate surface area is 167 Å². The van der Waals surface area contributed by atoms with Gasteiger partial charge in [-0.15, -0.1) is 0 Å². The van der Waals surface area contributed by atoms with Gasteiger partial charge in [-0.2, -0.15) is 5.26 Å². The summed E-state index contributed by atoms with van der Waals surface area (Å²) in [6.45, 7) is 1.65. The summed E-state index contributed by atoms with van der Waals surface area (Å²) >= 11 is 0. The normalized spacial score (nSPS) is 11.4. The van der Waals surface area contributed by atoms with Gasteiger partial charge in [-0.05, 0) is 25.1 Å². The zero-order valence-electron chi connectivity index (χ0n) is 15.8. The molecule has 1 amide bonds. The number of nitrogens with one attached hydrogen (secondary N) is 1. The van der Waals surface area contributed by atoms with Crippen LogP contribution >= 0.6 is 0 Å². The third-order valence-corrected chi connectivity index (χ3v) is 4.38. The fraction of sp³-hybridized carbons (Fsp3) is 0.182. The Morgan fingerprint density at radius 1 is 1.14 bits per heavy atom. The fourth-order valence-corrected chi connectivity index (χ4v) is 3.00. The Morgan fingerprint density at radius 3 is 2.55 bits per heavy atom. The number of fused-ring (bicyclic) bond motifs is 1. The number of anilines is 1. The number of ether oxygens (including phenoxy) is 1. The topological polar surface area (TPSA) is 103 Å². The van der Waals surface area contributed by atoms with Crippen LogP contribution in [0.5, 0.6) is 0 Å². The molecule has 0 aliphatic rings. The number of esters is 1. The lowest BCUT2D eigenvalue weighted by Crippen LogP contribution is -2.40. The van der Waals surface area contributed by atoms with Crippen LogP contribution in [0.25, 0.3) is 10.9 Å². The second-order valence-corrected chi connectivity index (χ2v) is 6.37. The maximum absolute atomic E-state index is 12.9. The zero-order chi connectivity index (χ0) is 20.8.